The van der Waals surface area contributed by atoms with E-state index in [9.17, 15) is 9.90 Å². The van der Waals surface area contributed by atoms with Gasteiger partial charge >= 0.3 is 6.09 Å². The predicted molar refractivity (Wildman–Crippen MR) is 91.6 cm³/mol. The average Bonchev–Trinajstić information content (AvgIpc) is 2.71. The van der Waals surface area contributed by atoms with E-state index in [0.29, 0.717) is 25.9 Å². The summed E-state index contributed by atoms with van der Waals surface area (Å²) in [5, 5.41) is 11.1. The zero-order valence-corrected chi connectivity index (χ0v) is 14.6. The fraction of sp³-hybridized carbons (Fsp3) is 0.667. The number of ether oxygens (including phenoxy) is 1. The number of rotatable bonds is 2. The molecule has 0 radical (unpaired) electrons. The Balaban J connectivity index is 2.07. The molecule has 2 aliphatic heterocycles. The van der Waals surface area contributed by atoms with Gasteiger partial charge in [0.25, 0.3) is 0 Å². The first-order chi connectivity index (χ1) is 10.7. The molecule has 0 saturated carbocycles. The second-order valence-corrected chi connectivity index (χ2v) is 7.22. The third-order valence-electron chi connectivity index (χ3n) is 4.23. The maximum Gasteiger partial charge on any atom is 0.410 e. The van der Waals surface area contributed by atoms with Crippen LogP contribution in [0.5, 0.6) is 0 Å². The van der Waals surface area contributed by atoms with Crippen LogP contribution >= 0.6 is 0 Å². The highest BCUT2D eigenvalue weighted by Crippen LogP contribution is 2.35. The first kappa shape index (κ1) is 17.7. The van der Waals surface area contributed by atoms with Crippen molar-refractivity contribution in [1.29, 1.82) is 0 Å². The minimum Gasteiger partial charge on any atom is -0.444 e. The van der Waals surface area contributed by atoms with Crippen LogP contribution in [0.15, 0.2) is 28.4 Å². The highest BCUT2D eigenvalue weighted by molar-refractivity contribution is 5.73. The summed E-state index contributed by atoms with van der Waals surface area (Å²) in [4.78, 5) is 18.3. The highest BCUT2D eigenvalue weighted by atomic mass is 16.6. The minimum absolute atomic E-state index is 0.310. The molecule has 0 aliphatic carbocycles. The largest absolute Gasteiger partial charge is 0.444 e. The van der Waals surface area contributed by atoms with Crippen LogP contribution in [0.1, 0.15) is 53.4 Å². The lowest BCUT2D eigenvalue weighted by Gasteiger charge is -2.39. The number of amides is 1. The van der Waals surface area contributed by atoms with Gasteiger partial charge in [-0.25, -0.2) is 4.79 Å². The van der Waals surface area contributed by atoms with Gasteiger partial charge in [-0.1, -0.05) is 13.0 Å². The van der Waals surface area contributed by atoms with E-state index in [-0.39, 0.29) is 6.09 Å². The van der Waals surface area contributed by atoms with Crippen LogP contribution in [0.3, 0.4) is 0 Å². The zero-order chi connectivity index (χ0) is 17.1. The van der Waals surface area contributed by atoms with Crippen molar-refractivity contribution >= 4 is 12.3 Å². The molecule has 2 aliphatic rings. The number of aliphatic hydroxyl groups is 1. The molecule has 0 aromatic heterocycles. The molecule has 2 rings (SSSR count). The average molecular weight is 320 g/mol. The molecule has 128 valence electrons. The molecule has 0 unspecified atom stereocenters. The predicted octanol–water partition coefficient (Wildman–Crippen LogP) is 3.44. The Morgan fingerprint density at radius 3 is 2.61 bits per heavy atom. The second kappa shape index (κ2) is 6.87. The Morgan fingerprint density at radius 2 is 2.04 bits per heavy atom. The fourth-order valence-electron chi connectivity index (χ4n) is 2.96. The van der Waals surface area contributed by atoms with Gasteiger partial charge in [0.1, 0.15) is 11.2 Å². The van der Waals surface area contributed by atoms with Gasteiger partial charge in [0.05, 0.1) is 5.70 Å². The molecule has 1 saturated heterocycles. The Hall–Kier alpha value is -1.62. The molecular formula is C18H28N2O3. The number of piperidine rings is 1. The molecule has 0 atom stereocenters. The summed E-state index contributed by atoms with van der Waals surface area (Å²) in [5.41, 5.74) is 0.504. The van der Waals surface area contributed by atoms with Crippen molar-refractivity contribution in [3.63, 3.8) is 0 Å². The van der Waals surface area contributed by atoms with Crippen LogP contribution in [0, 0.1) is 0 Å². The van der Waals surface area contributed by atoms with E-state index in [4.69, 9.17) is 4.74 Å². The van der Waals surface area contributed by atoms with Crippen LogP contribution in [-0.2, 0) is 4.74 Å². The first-order valence-corrected chi connectivity index (χ1v) is 8.37. The quantitative estimate of drug-likeness (QED) is 0.847. The van der Waals surface area contributed by atoms with Crippen molar-refractivity contribution in [2.24, 2.45) is 4.99 Å². The number of hydrogen-bond acceptors (Lipinski definition) is 4. The van der Waals surface area contributed by atoms with Crippen molar-refractivity contribution in [3.05, 3.63) is 23.4 Å². The summed E-state index contributed by atoms with van der Waals surface area (Å²) in [5.74, 6) is 0. The molecule has 5 heteroatoms. The van der Waals surface area contributed by atoms with E-state index in [1.54, 1.807) is 11.1 Å². The zero-order valence-electron chi connectivity index (χ0n) is 14.6. The first-order valence-electron chi connectivity index (χ1n) is 8.37. The summed E-state index contributed by atoms with van der Waals surface area (Å²) in [6.45, 7) is 8.62. The summed E-state index contributed by atoms with van der Waals surface area (Å²) >= 11 is 0. The highest BCUT2D eigenvalue weighted by Gasteiger charge is 2.39. The SMILES string of the molecule is CCC1=C(C2(O)CCN(C(=O)OC(C)(C)C)CC2)N=CC=CC1. The molecule has 2 heterocycles. The van der Waals surface area contributed by atoms with E-state index in [0.717, 1.165) is 18.5 Å². The number of allylic oxidation sites excluding steroid dienone is 3. The lowest BCUT2D eigenvalue weighted by Crippen LogP contribution is -2.49. The van der Waals surface area contributed by atoms with Gasteiger partial charge in [-0.15, -0.1) is 0 Å². The molecule has 0 aromatic carbocycles. The van der Waals surface area contributed by atoms with Crippen molar-refractivity contribution < 1.29 is 14.6 Å². The Morgan fingerprint density at radius 1 is 1.39 bits per heavy atom. The van der Waals surface area contributed by atoms with Gasteiger partial charge in [-0.2, -0.15) is 0 Å². The number of likely N-dealkylation sites (tertiary alicyclic amines) is 1. The Kier molecular flexibility index (Phi) is 5.30. The van der Waals surface area contributed by atoms with Crippen molar-refractivity contribution in [3.8, 4) is 0 Å². The number of hydrogen-bond donors (Lipinski definition) is 1. The van der Waals surface area contributed by atoms with Gasteiger partial charge in [0.15, 0.2) is 0 Å². The molecule has 0 aromatic rings. The molecule has 5 nitrogen and oxygen atoms in total. The van der Waals surface area contributed by atoms with Crippen molar-refractivity contribution in [2.45, 2.75) is 64.6 Å². The number of carbonyl (C=O) groups is 1. The smallest absolute Gasteiger partial charge is 0.410 e. The fourth-order valence-corrected chi connectivity index (χ4v) is 2.96. The lowest BCUT2D eigenvalue weighted by molar-refractivity contribution is -0.0142. The lowest BCUT2D eigenvalue weighted by atomic mass is 9.85. The van der Waals surface area contributed by atoms with Crippen LogP contribution < -0.4 is 0 Å². The molecular weight excluding hydrogens is 292 g/mol. The maximum atomic E-state index is 12.1. The van der Waals surface area contributed by atoms with Crippen LogP contribution in [0.25, 0.3) is 0 Å². The summed E-state index contributed by atoms with van der Waals surface area (Å²) in [6.07, 6.45) is 8.09. The number of carbonyl (C=O) groups excluding carboxylic acids is 1. The van der Waals surface area contributed by atoms with E-state index in [2.05, 4.69) is 18.0 Å². The molecule has 1 amide bonds. The topological polar surface area (TPSA) is 62.1 Å². The van der Waals surface area contributed by atoms with Gasteiger partial charge in [0.2, 0.25) is 0 Å². The molecule has 1 fully saturated rings. The maximum absolute atomic E-state index is 12.1. The van der Waals surface area contributed by atoms with E-state index in [1.165, 1.54) is 5.57 Å². The van der Waals surface area contributed by atoms with Gasteiger partial charge in [-0.3, -0.25) is 4.99 Å². The van der Waals surface area contributed by atoms with E-state index >= 15 is 0 Å². The summed E-state index contributed by atoms with van der Waals surface area (Å²) in [7, 11) is 0. The third-order valence-corrected chi connectivity index (χ3v) is 4.23. The van der Waals surface area contributed by atoms with Gasteiger partial charge < -0.3 is 14.7 Å². The molecule has 23 heavy (non-hydrogen) atoms. The van der Waals surface area contributed by atoms with E-state index < -0.39 is 11.2 Å². The van der Waals surface area contributed by atoms with Gasteiger partial charge in [0, 0.05) is 19.3 Å². The standard InChI is InChI=1S/C18H28N2O3/c1-5-14-8-6-7-11-19-15(14)18(22)9-12-20(13-10-18)16(21)23-17(2,3)4/h6-7,11,22H,5,8-10,12-13H2,1-4H3. The van der Waals surface area contributed by atoms with E-state index in [1.807, 2.05) is 26.8 Å². The number of nitrogens with zero attached hydrogens (tertiary/aromatic N) is 2. The van der Waals surface area contributed by atoms with Crippen LogP contribution in [-0.4, -0.2) is 46.6 Å². The summed E-state index contributed by atoms with van der Waals surface area (Å²) < 4.78 is 5.41. The molecule has 0 bridgehead atoms. The molecule has 1 N–H and O–H groups in total. The normalized spacial score (nSPS) is 21.3. The van der Waals surface area contributed by atoms with Crippen molar-refractivity contribution in [2.75, 3.05) is 13.1 Å². The second-order valence-electron chi connectivity index (χ2n) is 7.22. The monoisotopic (exact) mass is 320 g/mol. The summed E-state index contributed by atoms with van der Waals surface area (Å²) in [6, 6.07) is 0. The van der Waals surface area contributed by atoms with Crippen LogP contribution in [0.4, 0.5) is 4.79 Å². The minimum atomic E-state index is -0.952. The third kappa shape index (κ3) is 4.44. The Labute approximate surface area is 138 Å². The van der Waals surface area contributed by atoms with Crippen molar-refractivity contribution in [1.82, 2.24) is 4.90 Å². The molecule has 0 spiro atoms. The van der Waals surface area contributed by atoms with Gasteiger partial charge in [-0.05, 0) is 58.1 Å². The van der Waals surface area contributed by atoms with Crippen LogP contribution in [0.2, 0.25) is 0 Å². The number of aliphatic imine (C=N–C) groups is 1. The Bertz CT molecular complexity index is 533.